The molecular formula is C15H12FNO4. The highest BCUT2D eigenvalue weighted by atomic mass is 19.1. The molecule has 0 fully saturated rings. The van der Waals surface area contributed by atoms with Crippen LogP contribution in [0.3, 0.4) is 0 Å². The lowest BCUT2D eigenvalue weighted by molar-refractivity contribution is 0.0600. The molecule has 0 amide bonds. The molecule has 21 heavy (non-hydrogen) atoms. The Morgan fingerprint density at radius 1 is 1.33 bits per heavy atom. The highest BCUT2D eigenvalue weighted by Gasteiger charge is 2.08. The van der Waals surface area contributed by atoms with Crippen molar-refractivity contribution in [2.75, 3.05) is 7.11 Å². The fourth-order valence-electron chi connectivity index (χ4n) is 1.61. The lowest BCUT2D eigenvalue weighted by Crippen LogP contribution is -2.04. The lowest BCUT2D eigenvalue weighted by atomic mass is 10.2. The van der Waals surface area contributed by atoms with E-state index in [1.54, 1.807) is 12.1 Å². The van der Waals surface area contributed by atoms with Crippen LogP contribution in [0.5, 0.6) is 5.75 Å². The molecular weight excluding hydrogens is 277 g/mol. The van der Waals surface area contributed by atoms with Crippen LogP contribution in [0.25, 0.3) is 0 Å². The van der Waals surface area contributed by atoms with Crippen LogP contribution in [0.1, 0.15) is 26.4 Å². The largest absolute Gasteiger partial charge is 0.484 e. The van der Waals surface area contributed by atoms with Crippen LogP contribution in [0.2, 0.25) is 0 Å². The summed E-state index contributed by atoms with van der Waals surface area (Å²) in [6, 6.07) is 7.06. The lowest BCUT2D eigenvalue weighted by Gasteiger charge is -2.07. The summed E-state index contributed by atoms with van der Waals surface area (Å²) in [5, 5.41) is 0. The van der Waals surface area contributed by atoms with E-state index in [0.717, 1.165) is 6.07 Å². The van der Waals surface area contributed by atoms with Crippen molar-refractivity contribution >= 4 is 12.3 Å². The third-order valence-electron chi connectivity index (χ3n) is 2.71. The van der Waals surface area contributed by atoms with Gasteiger partial charge < -0.3 is 9.47 Å². The first-order valence-electron chi connectivity index (χ1n) is 6.05. The number of aromatic nitrogens is 1. The van der Waals surface area contributed by atoms with Gasteiger partial charge in [0.15, 0.2) is 11.6 Å². The Hall–Kier alpha value is -2.76. The third kappa shape index (κ3) is 3.62. The molecule has 1 aromatic carbocycles. The normalized spacial score (nSPS) is 10.0. The monoisotopic (exact) mass is 289 g/mol. The highest BCUT2D eigenvalue weighted by Crippen LogP contribution is 2.18. The molecule has 0 radical (unpaired) electrons. The quantitative estimate of drug-likeness (QED) is 0.624. The molecule has 0 aliphatic carbocycles. The molecule has 2 rings (SSSR count). The number of carbonyl (C=O) groups is 2. The van der Waals surface area contributed by atoms with Gasteiger partial charge in [-0.1, -0.05) is 0 Å². The number of rotatable bonds is 5. The van der Waals surface area contributed by atoms with Crippen LogP contribution in [0, 0.1) is 5.82 Å². The molecule has 1 heterocycles. The van der Waals surface area contributed by atoms with E-state index in [-0.39, 0.29) is 17.9 Å². The van der Waals surface area contributed by atoms with Crippen molar-refractivity contribution < 1.29 is 23.5 Å². The van der Waals surface area contributed by atoms with E-state index in [2.05, 4.69) is 9.72 Å². The molecule has 0 saturated carbocycles. The number of hydrogen-bond acceptors (Lipinski definition) is 5. The molecule has 0 unspecified atom stereocenters. The maximum atomic E-state index is 13.6. The van der Waals surface area contributed by atoms with Gasteiger partial charge in [-0.2, -0.15) is 0 Å². The van der Waals surface area contributed by atoms with Crippen molar-refractivity contribution in [2.45, 2.75) is 6.61 Å². The fraction of sp³-hybridized carbons (Fsp3) is 0.133. The standard InChI is InChI=1S/C15H12FNO4/c1-20-15(19)11-3-4-12(17-7-11)9-21-14-5-2-10(8-18)6-13(14)16/h2-8H,9H2,1H3. The van der Waals surface area contributed by atoms with Gasteiger partial charge in [-0.3, -0.25) is 9.78 Å². The number of pyridine rings is 1. The number of methoxy groups -OCH3 is 1. The predicted molar refractivity (Wildman–Crippen MR) is 71.7 cm³/mol. The Morgan fingerprint density at radius 3 is 2.71 bits per heavy atom. The summed E-state index contributed by atoms with van der Waals surface area (Å²) in [6.45, 7) is 0.0405. The van der Waals surface area contributed by atoms with Crippen molar-refractivity contribution in [1.29, 1.82) is 0 Å². The van der Waals surface area contributed by atoms with Gasteiger partial charge in [-0.05, 0) is 30.3 Å². The van der Waals surface area contributed by atoms with Gasteiger partial charge in [0.2, 0.25) is 0 Å². The zero-order valence-electron chi connectivity index (χ0n) is 11.2. The van der Waals surface area contributed by atoms with E-state index in [1.165, 1.54) is 25.4 Å². The zero-order valence-corrected chi connectivity index (χ0v) is 11.2. The first-order chi connectivity index (χ1) is 10.1. The number of benzene rings is 1. The first-order valence-corrected chi connectivity index (χ1v) is 6.05. The summed E-state index contributed by atoms with van der Waals surface area (Å²) in [6.07, 6.45) is 1.91. The predicted octanol–water partition coefficient (Wildman–Crippen LogP) is 2.40. The van der Waals surface area contributed by atoms with Gasteiger partial charge in [0.25, 0.3) is 0 Å². The van der Waals surface area contributed by atoms with Crippen LogP contribution >= 0.6 is 0 Å². The zero-order chi connectivity index (χ0) is 15.2. The molecule has 0 aliphatic heterocycles. The van der Waals surface area contributed by atoms with E-state index in [0.29, 0.717) is 17.5 Å². The van der Waals surface area contributed by atoms with Gasteiger partial charge in [0.1, 0.15) is 12.9 Å². The summed E-state index contributed by atoms with van der Waals surface area (Å²) in [4.78, 5) is 25.8. The molecule has 0 N–H and O–H groups in total. The number of halogens is 1. The number of esters is 1. The number of carbonyl (C=O) groups excluding carboxylic acids is 2. The Bertz CT molecular complexity index is 655. The van der Waals surface area contributed by atoms with Gasteiger partial charge in [0, 0.05) is 11.8 Å². The van der Waals surface area contributed by atoms with Gasteiger partial charge in [-0.15, -0.1) is 0 Å². The number of hydrogen-bond donors (Lipinski definition) is 0. The van der Waals surface area contributed by atoms with Crippen molar-refractivity contribution in [3.8, 4) is 5.75 Å². The van der Waals surface area contributed by atoms with Crippen molar-refractivity contribution in [3.05, 3.63) is 59.2 Å². The molecule has 108 valence electrons. The summed E-state index contributed by atoms with van der Waals surface area (Å²) in [5.74, 6) is -1.07. The molecule has 0 aliphatic rings. The van der Waals surface area contributed by atoms with Crippen molar-refractivity contribution in [3.63, 3.8) is 0 Å². The van der Waals surface area contributed by atoms with Crippen LogP contribution in [0.4, 0.5) is 4.39 Å². The maximum absolute atomic E-state index is 13.6. The second kappa shape index (κ2) is 6.60. The molecule has 6 heteroatoms. The van der Waals surface area contributed by atoms with Gasteiger partial charge in [-0.25, -0.2) is 9.18 Å². The van der Waals surface area contributed by atoms with E-state index in [4.69, 9.17) is 4.74 Å². The topological polar surface area (TPSA) is 65.5 Å². The smallest absolute Gasteiger partial charge is 0.339 e. The summed E-state index contributed by atoms with van der Waals surface area (Å²) < 4.78 is 23.4. The average molecular weight is 289 g/mol. The minimum Gasteiger partial charge on any atom is -0.484 e. The molecule has 0 spiro atoms. The highest BCUT2D eigenvalue weighted by molar-refractivity contribution is 5.88. The van der Waals surface area contributed by atoms with E-state index >= 15 is 0 Å². The van der Waals surface area contributed by atoms with E-state index in [9.17, 15) is 14.0 Å². The fourth-order valence-corrected chi connectivity index (χ4v) is 1.61. The van der Waals surface area contributed by atoms with Crippen molar-refractivity contribution in [1.82, 2.24) is 4.98 Å². The maximum Gasteiger partial charge on any atom is 0.339 e. The Morgan fingerprint density at radius 2 is 2.14 bits per heavy atom. The van der Waals surface area contributed by atoms with Crippen LogP contribution in [0.15, 0.2) is 36.5 Å². The van der Waals surface area contributed by atoms with E-state index in [1.807, 2.05) is 0 Å². The Balaban J connectivity index is 2.03. The summed E-state index contributed by atoms with van der Waals surface area (Å²) >= 11 is 0. The summed E-state index contributed by atoms with van der Waals surface area (Å²) in [7, 11) is 1.28. The second-order valence-electron chi connectivity index (χ2n) is 4.13. The minimum absolute atomic E-state index is 0.0273. The van der Waals surface area contributed by atoms with Crippen molar-refractivity contribution in [2.24, 2.45) is 0 Å². The number of nitrogens with zero attached hydrogens (tertiary/aromatic N) is 1. The summed E-state index contributed by atoms with van der Waals surface area (Å²) in [5.41, 5.74) is 1.09. The third-order valence-corrected chi connectivity index (χ3v) is 2.71. The molecule has 1 aromatic heterocycles. The van der Waals surface area contributed by atoms with Gasteiger partial charge >= 0.3 is 5.97 Å². The van der Waals surface area contributed by atoms with Crippen LogP contribution < -0.4 is 4.74 Å². The molecule has 0 bridgehead atoms. The number of aldehydes is 1. The molecule has 0 atom stereocenters. The van der Waals surface area contributed by atoms with E-state index < -0.39 is 11.8 Å². The van der Waals surface area contributed by atoms with Crippen LogP contribution in [-0.4, -0.2) is 24.3 Å². The first kappa shape index (κ1) is 14.6. The second-order valence-corrected chi connectivity index (χ2v) is 4.13. The van der Waals surface area contributed by atoms with Gasteiger partial charge in [0.05, 0.1) is 18.4 Å². The van der Waals surface area contributed by atoms with Crippen LogP contribution in [-0.2, 0) is 11.3 Å². The average Bonchev–Trinajstić information content (AvgIpc) is 2.53. The number of ether oxygens (including phenoxy) is 2. The molecule has 0 saturated heterocycles. The Labute approximate surface area is 120 Å². The molecule has 2 aromatic rings. The minimum atomic E-state index is -0.620. The molecule has 5 nitrogen and oxygen atoms in total. The Kier molecular flexibility index (Phi) is 4.61. The SMILES string of the molecule is COC(=O)c1ccc(COc2ccc(C=O)cc2F)nc1.